The molecular formula is C17H22N2O2. The Morgan fingerprint density at radius 1 is 1.10 bits per heavy atom. The molecule has 0 radical (unpaired) electrons. The highest BCUT2D eigenvalue weighted by Crippen LogP contribution is 2.29. The van der Waals surface area contributed by atoms with Crippen molar-refractivity contribution in [3.63, 3.8) is 0 Å². The average molecular weight is 286 g/mol. The lowest BCUT2D eigenvalue weighted by molar-refractivity contribution is 0.287. The van der Waals surface area contributed by atoms with Gasteiger partial charge in [0.1, 0.15) is 0 Å². The van der Waals surface area contributed by atoms with Crippen LogP contribution in [-0.2, 0) is 6.42 Å². The third-order valence-corrected chi connectivity index (χ3v) is 3.18. The largest absolute Gasteiger partial charge is 0.490 e. The standard InChI is InChI=1S/C17H22N2O2/c1-3-20-16-8-7-13(11-17(16)21-4-2)10-15(18)14-6-5-9-19-12-14/h5-9,11-12,15H,3-4,10,18H2,1-2H3. The first kappa shape index (κ1) is 15.3. The Balaban J connectivity index is 2.14. The van der Waals surface area contributed by atoms with Gasteiger partial charge in [-0.2, -0.15) is 0 Å². The highest BCUT2D eigenvalue weighted by atomic mass is 16.5. The highest BCUT2D eigenvalue weighted by Gasteiger charge is 2.10. The van der Waals surface area contributed by atoms with E-state index in [2.05, 4.69) is 4.98 Å². The summed E-state index contributed by atoms with van der Waals surface area (Å²) >= 11 is 0. The van der Waals surface area contributed by atoms with Crippen molar-refractivity contribution >= 4 is 0 Å². The molecule has 2 N–H and O–H groups in total. The summed E-state index contributed by atoms with van der Waals surface area (Å²) < 4.78 is 11.2. The van der Waals surface area contributed by atoms with Crippen molar-refractivity contribution in [3.05, 3.63) is 53.9 Å². The van der Waals surface area contributed by atoms with Crippen LogP contribution in [0.4, 0.5) is 0 Å². The molecule has 1 atom stereocenters. The van der Waals surface area contributed by atoms with E-state index in [1.807, 2.05) is 50.4 Å². The maximum atomic E-state index is 6.24. The van der Waals surface area contributed by atoms with Gasteiger partial charge in [0.05, 0.1) is 13.2 Å². The van der Waals surface area contributed by atoms with E-state index in [1.54, 1.807) is 6.20 Å². The molecule has 0 aliphatic carbocycles. The molecule has 4 heteroatoms. The summed E-state index contributed by atoms with van der Waals surface area (Å²) in [5.41, 5.74) is 8.39. The SMILES string of the molecule is CCOc1ccc(CC(N)c2cccnc2)cc1OCC. The second kappa shape index (κ2) is 7.64. The van der Waals surface area contributed by atoms with Crippen LogP contribution in [0.25, 0.3) is 0 Å². The highest BCUT2D eigenvalue weighted by molar-refractivity contribution is 5.43. The molecule has 112 valence electrons. The van der Waals surface area contributed by atoms with Gasteiger partial charge in [-0.3, -0.25) is 4.98 Å². The fourth-order valence-corrected chi connectivity index (χ4v) is 2.19. The van der Waals surface area contributed by atoms with Gasteiger partial charge in [0.25, 0.3) is 0 Å². The molecule has 0 aliphatic rings. The minimum absolute atomic E-state index is 0.0777. The Bertz CT molecular complexity index is 558. The number of ether oxygens (including phenoxy) is 2. The monoisotopic (exact) mass is 286 g/mol. The summed E-state index contributed by atoms with van der Waals surface area (Å²) in [6.07, 6.45) is 4.29. The quantitative estimate of drug-likeness (QED) is 0.849. The first-order chi connectivity index (χ1) is 10.2. The van der Waals surface area contributed by atoms with E-state index in [1.165, 1.54) is 0 Å². The number of hydrogen-bond acceptors (Lipinski definition) is 4. The second-order valence-corrected chi connectivity index (χ2v) is 4.74. The fourth-order valence-electron chi connectivity index (χ4n) is 2.19. The van der Waals surface area contributed by atoms with Crippen LogP contribution >= 0.6 is 0 Å². The van der Waals surface area contributed by atoms with Crippen molar-refractivity contribution < 1.29 is 9.47 Å². The molecule has 0 bridgehead atoms. The number of nitrogens with two attached hydrogens (primary N) is 1. The van der Waals surface area contributed by atoms with Gasteiger partial charge in [0, 0.05) is 18.4 Å². The van der Waals surface area contributed by atoms with Crippen molar-refractivity contribution in [1.82, 2.24) is 4.98 Å². The molecule has 4 nitrogen and oxygen atoms in total. The predicted molar refractivity (Wildman–Crippen MR) is 83.6 cm³/mol. The molecular weight excluding hydrogens is 264 g/mol. The number of rotatable bonds is 7. The van der Waals surface area contributed by atoms with Crippen LogP contribution in [0, 0.1) is 0 Å². The lowest BCUT2D eigenvalue weighted by Crippen LogP contribution is -2.13. The van der Waals surface area contributed by atoms with Crippen molar-refractivity contribution in [3.8, 4) is 11.5 Å². The molecule has 21 heavy (non-hydrogen) atoms. The summed E-state index contributed by atoms with van der Waals surface area (Å²) in [7, 11) is 0. The Labute approximate surface area is 125 Å². The maximum Gasteiger partial charge on any atom is 0.161 e. The number of benzene rings is 1. The molecule has 1 heterocycles. The number of aromatic nitrogens is 1. The molecule has 2 rings (SSSR count). The van der Waals surface area contributed by atoms with Crippen LogP contribution in [-0.4, -0.2) is 18.2 Å². The zero-order chi connectivity index (χ0) is 15.1. The van der Waals surface area contributed by atoms with E-state index in [-0.39, 0.29) is 6.04 Å². The summed E-state index contributed by atoms with van der Waals surface area (Å²) in [6.45, 7) is 5.15. The van der Waals surface area contributed by atoms with Crippen LogP contribution in [0.5, 0.6) is 11.5 Å². The van der Waals surface area contributed by atoms with Gasteiger partial charge < -0.3 is 15.2 Å². The smallest absolute Gasteiger partial charge is 0.161 e. The van der Waals surface area contributed by atoms with Crippen LogP contribution in [0.2, 0.25) is 0 Å². The second-order valence-electron chi connectivity index (χ2n) is 4.74. The molecule has 0 aliphatic heterocycles. The van der Waals surface area contributed by atoms with Crippen molar-refractivity contribution in [1.29, 1.82) is 0 Å². The van der Waals surface area contributed by atoms with Crippen molar-refractivity contribution in [2.24, 2.45) is 5.73 Å². The number of nitrogens with zero attached hydrogens (tertiary/aromatic N) is 1. The van der Waals surface area contributed by atoms with Gasteiger partial charge in [0.15, 0.2) is 11.5 Å². The minimum Gasteiger partial charge on any atom is -0.490 e. The van der Waals surface area contributed by atoms with E-state index < -0.39 is 0 Å². The van der Waals surface area contributed by atoms with E-state index in [0.29, 0.717) is 13.2 Å². The normalized spacial score (nSPS) is 12.0. The van der Waals surface area contributed by atoms with Gasteiger partial charge in [0.2, 0.25) is 0 Å². The molecule has 1 unspecified atom stereocenters. The third kappa shape index (κ3) is 4.20. The summed E-state index contributed by atoms with van der Waals surface area (Å²) in [5.74, 6) is 1.55. The van der Waals surface area contributed by atoms with Gasteiger partial charge in [-0.1, -0.05) is 12.1 Å². The first-order valence-corrected chi connectivity index (χ1v) is 7.28. The van der Waals surface area contributed by atoms with Crippen LogP contribution in [0.15, 0.2) is 42.7 Å². The van der Waals surface area contributed by atoms with Crippen LogP contribution < -0.4 is 15.2 Å². The zero-order valence-corrected chi connectivity index (χ0v) is 12.6. The Kier molecular flexibility index (Phi) is 5.58. The molecule has 0 fully saturated rings. The Morgan fingerprint density at radius 3 is 2.52 bits per heavy atom. The lowest BCUT2D eigenvalue weighted by Gasteiger charge is -2.15. The number of hydrogen-bond donors (Lipinski definition) is 1. The fraction of sp³-hybridized carbons (Fsp3) is 0.353. The van der Waals surface area contributed by atoms with Crippen molar-refractivity contribution in [2.75, 3.05) is 13.2 Å². The van der Waals surface area contributed by atoms with E-state index in [4.69, 9.17) is 15.2 Å². The molecule has 0 saturated heterocycles. The van der Waals surface area contributed by atoms with Crippen LogP contribution in [0.1, 0.15) is 31.0 Å². The molecule has 1 aromatic carbocycles. The molecule has 2 aromatic rings. The summed E-state index contributed by atoms with van der Waals surface area (Å²) in [6, 6.07) is 9.80. The maximum absolute atomic E-state index is 6.24. The van der Waals surface area contributed by atoms with Gasteiger partial charge in [-0.25, -0.2) is 0 Å². The topological polar surface area (TPSA) is 57.4 Å². The van der Waals surface area contributed by atoms with Gasteiger partial charge in [-0.05, 0) is 49.6 Å². The molecule has 0 spiro atoms. The van der Waals surface area contributed by atoms with Gasteiger partial charge in [-0.15, -0.1) is 0 Å². The lowest BCUT2D eigenvalue weighted by atomic mass is 10.0. The Morgan fingerprint density at radius 2 is 1.86 bits per heavy atom. The van der Waals surface area contributed by atoms with E-state index in [0.717, 1.165) is 29.0 Å². The number of pyridine rings is 1. The van der Waals surface area contributed by atoms with Gasteiger partial charge >= 0.3 is 0 Å². The molecule has 0 saturated carbocycles. The first-order valence-electron chi connectivity index (χ1n) is 7.28. The van der Waals surface area contributed by atoms with Crippen LogP contribution in [0.3, 0.4) is 0 Å². The zero-order valence-electron chi connectivity index (χ0n) is 12.6. The molecule has 1 aromatic heterocycles. The Hall–Kier alpha value is -2.07. The summed E-state index contributed by atoms with van der Waals surface area (Å²) in [4.78, 5) is 4.11. The minimum atomic E-state index is -0.0777. The summed E-state index contributed by atoms with van der Waals surface area (Å²) in [5, 5.41) is 0. The third-order valence-electron chi connectivity index (χ3n) is 3.18. The van der Waals surface area contributed by atoms with Crippen molar-refractivity contribution in [2.45, 2.75) is 26.3 Å². The van der Waals surface area contributed by atoms with E-state index in [9.17, 15) is 0 Å². The molecule has 0 amide bonds. The van der Waals surface area contributed by atoms with E-state index >= 15 is 0 Å². The predicted octanol–water partition coefficient (Wildman–Crippen LogP) is 3.12. The average Bonchev–Trinajstić information content (AvgIpc) is 2.51.